The second-order valence-corrected chi connectivity index (χ2v) is 15.6. The number of β-lactam (4-membered cyclic amide) rings is 1. The van der Waals surface area contributed by atoms with Crippen molar-refractivity contribution in [1.82, 2.24) is 19.2 Å². The van der Waals surface area contributed by atoms with E-state index in [-0.39, 0.29) is 41.0 Å². The number of rotatable bonds is 12. The van der Waals surface area contributed by atoms with Crippen LogP contribution in [0.25, 0.3) is 11.3 Å². The molecule has 0 unspecified atom stereocenters. The number of hydrogen-bond donors (Lipinski definition) is 3. The van der Waals surface area contributed by atoms with Crippen molar-refractivity contribution in [1.29, 1.82) is 0 Å². The maximum Gasteiger partial charge on any atom is 0.332 e. The molecule has 0 aliphatic carbocycles. The lowest BCUT2D eigenvalue weighted by Crippen LogP contribution is -2.63. The Morgan fingerprint density at radius 3 is 2.55 bits per heavy atom. The summed E-state index contributed by atoms with van der Waals surface area (Å²) in [4.78, 5) is 81.3. The van der Waals surface area contributed by atoms with E-state index in [2.05, 4.69) is 19.5 Å². The zero-order valence-electron chi connectivity index (χ0n) is 24.8. The van der Waals surface area contributed by atoms with Gasteiger partial charge in [0, 0.05) is 47.1 Å². The zero-order valence-corrected chi connectivity index (χ0v) is 29.0. The molecule has 2 atom stereocenters. The van der Waals surface area contributed by atoms with Crippen molar-refractivity contribution >= 4 is 83.3 Å². The monoisotopic (exact) mass is 742 g/mol. The van der Waals surface area contributed by atoms with Crippen LogP contribution in [0, 0.1) is 5.92 Å². The molecule has 0 spiro atoms. The molecule has 2 aliphatic heterocycles. The number of hydrogen-bond acceptors (Lipinski definition) is 15. The van der Waals surface area contributed by atoms with Gasteiger partial charge in [-0.25, -0.2) is 14.5 Å². The number of pyridine rings is 1. The Morgan fingerprint density at radius 2 is 1.94 bits per heavy atom. The van der Waals surface area contributed by atoms with Gasteiger partial charge in [0.2, 0.25) is 5.91 Å². The number of carboxylic acids is 2. The molecule has 21 heteroatoms. The van der Waals surface area contributed by atoms with E-state index in [0.717, 1.165) is 23.1 Å². The van der Waals surface area contributed by atoms with Crippen molar-refractivity contribution in [2.75, 3.05) is 12.4 Å². The van der Waals surface area contributed by atoms with Crippen LogP contribution in [0.2, 0.25) is 0 Å². The fourth-order valence-electron chi connectivity index (χ4n) is 4.24. The van der Waals surface area contributed by atoms with Crippen LogP contribution in [-0.4, -0.2) is 81.2 Å². The van der Waals surface area contributed by atoms with Crippen LogP contribution in [0.1, 0.15) is 31.1 Å². The maximum atomic E-state index is 13.3. The number of thiazole rings is 1. The van der Waals surface area contributed by atoms with Gasteiger partial charge in [0.1, 0.15) is 24.8 Å². The molecule has 3 aromatic heterocycles. The summed E-state index contributed by atoms with van der Waals surface area (Å²) in [7, 11) is -2.51. The second kappa shape index (κ2) is 15.6. The van der Waals surface area contributed by atoms with Crippen LogP contribution in [0.4, 0.5) is 0 Å². The third-order valence-corrected chi connectivity index (χ3v) is 11.4. The first-order valence-electron chi connectivity index (χ1n) is 13.5. The predicted octanol–water partition coefficient (Wildman–Crippen LogP) is 1.24. The van der Waals surface area contributed by atoms with E-state index in [1.165, 1.54) is 34.9 Å². The summed E-state index contributed by atoms with van der Waals surface area (Å²) in [6, 6.07) is 3.85. The lowest BCUT2D eigenvalue weighted by molar-refractivity contribution is -0.671. The molecule has 0 radical (unpaired) electrons. The number of nitrogens with zero attached hydrogens (tertiary/aromatic N) is 6. The van der Waals surface area contributed by atoms with Gasteiger partial charge < -0.3 is 29.6 Å². The summed E-state index contributed by atoms with van der Waals surface area (Å²) in [6.07, 6.45) is 2.83. The summed E-state index contributed by atoms with van der Waals surface area (Å²) in [6.45, 7) is 2.85. The number of Topliss-reactive ketones (excluding diaryl/α,β-unsaturated/α-hetero) is 1. The van der Waals surface area contributed by atoms with Crippen molar-refractivity contribution in [2.45, 2.75) is 36.1 Å². The van der Waals surface area contributed by atoms with E-state index in [1.54, 1.807) is 6.92 Å². The summed E-state index contributed by atoms with van der Waals surface area (Å²) in [5.41, 5.74) is 1.13. The molecule has 5 heterocycles. The van der Waals surface area contributed by atoms with E-state index in [0.29, 0.717) is 20.8 Å². The molecular formula is C26H27N6O10PS4. The van der Waals surface area contributed by atoms with Gasteiger partial charge in [-0.2, -0.15) is 4.37 Å². The van der Waals surface area contributed by atoms with Crippen molar-refractivity contribution in [2.24, 2.45) is 18.1 Å². The van der Waals surface area contributed by atoms with Crippen molar-refractivity contribution in [3.63, 3.8) is 0 Å². The average Bonchev–Trinajstić information content (AvgIpc) is 3.64. The Hall–Kier alpha value is -3.52. The molecule has 5 rings (SSSR count). The van der Waals surface area contributed by atoms with Crippen LogP contribution < -0.4 is 9.67 Å². The fourth-order valence-corrected chi connectivity index (χ4v) is 9.37. The number of aromatic nitrogens is 4. The van der Waals surface area contributed by atoms with Crippen LogP contribution in [0.15, 0.2) is 50.0 Å². The average molecular weight is 743 g/mol. The van der Waals surface area contributed by atoms with E-state index in [9.17, 15) is 33.8 Å². The van der Waals surface area contributed by atoms with E-state index < -0.39 is 48.7 Å². The molecule has 1 saturated heterocycles. The maximum absolute atomic E-state index is 13.3. The van der Waals surface area contributed by atoms with Crippen molar-refractivity contribution in [3.8, 4) is 11.3 Å². The summed E-state index contributed by atoms with van der Waals surface area (Å²) in [5.74, 6) is -4.26. The molecule has 47 heavy (non-hydrogen) atoms. The van der Waals surface area contributed by atoms with Crippen LogP contribution in [0.3, 0.4) is 0 Å². The van der Waals surface area contributed by atoms with Crippen LogP contribution in [-0.2, 0) is 41.8 Å². The summed E-state index contributed by atoms with van der Waals surface area (Å²) >= 11 is 4.56. The fraction of sp³-hybridized carbons (Fsp3) is 0.346. The smallest absolute Gasteiger partial charge is 0.332 e. The molecule has 250 valence electrons. The molecule has 0 saturated carbocycles. The number of amides is 1. The number of ketones is 1. The first-order chi connectivity index (χ1) is 22.2. The van der Waals surface area contributed by atoms with E-state index in [4.69, 9.17) is 14.7 Å². The summed E-state index contributed by atoms with van der Waals surface area (Å²) < 4.78 is 17.8. The number of carbonyl (C=O) groups is 4. The number of carboxylic acid groups (broad SMARTS) is 2. The third kappa shape index (κ3) is 9.31. The Labute approximate surface area is 283 Å². The Bertz CT molecular complexity index is 1780. The third-order valence-electron chi connectivity index (χ3n) is 6.18. The van der Waals surface area contributed by atoms with Gasteiger partial charge in [-0.3, -0.25) is 23.8 Å². The van der Waals surface area contributed by atoms with Gasteiger partial charge >= 0.3 is 7.60 Å². The molecule has 0 bridgehead atoms. The molecular weight excluding hydrogens is 716 g/mol. The SMILES string of the molecule is CC(=O)O.CCO/N=C(/C(=O)C[C@@H]1C(=O)N2C(C(=O)[O-])=C(Sc3nc(-c4cc[n+](C)cc4)cs3)CS[C@H]12)c1nsc(CP(=O)(O)O)n1. The quantitative estimate of drug-likeness (QED) is 0.0778. The first-order valence-corrected chi connectivity index (χ1v) is 18.8. The van der Waals surface area contributed by atoms with E-state index in [1.807, 2.05) is 41.5 Å². The Balaban J connectivity index is 0.00000118. The lowest BCUT2D eigenvalue weighted by Gasteiger charge is -2.50. The molecule has 2 aliphatic rings. The normalized spacial score (nSPS) is 17.8. The molecule has 1 amide bonds. The number of thioether (sulfide) groups is 2. The standard InChI is InChI=1S/C24H23N6O8PS4.C2H4O2/c1-3-38-27-18(20-26-17(43-28-20)9-39(35,36)37)15(31)8-13-21(32)30-19(23(33)34)16(11-40-22(13)30)42-24-25-14(10-41-24)12-4-6-29(2)7-5-12;1-2(3)4/h4-7,10,13,22H,3,8-9,11H2,1-2H3,(H2-,33,34,35,36,37);1H3,(H,3,4)/b27-18-;/t13-,22-;/m1./s1. The first kappa shape index (κ1) is 36.3. The largest absolute Gasteiger partial charge is 0.543 e. The Kier molecular flexibility index (Phi) is 12.0. The topological polar surface area (TPSA) is 236 Å². The van der Waals surface area contributed by atoms with Gasteiger partial charge in [0.15, 0.2) is 34.1 Å². The minimum atomic E-state index is -4.41. The minimum absolute atomic E-state index is 0.00745. The van der Waals surface area contributed by atoms with Crippen LogP contribution in [0.5, 0.6) is 0 Å². The highest BCUT2D eigenvalue weighted by Crippen LogP contribution is 2.49. The Morgan fingerprint density at radius 1 is 1.26 bits per heavy atom. The number of oxime groups is 1. The minimum Gasteiger partial charge on any atom is -0.543 e. The highest BCUT2D eigenvalue weighted by molar-refractivity contribution is 8.07. The van der Waals surface area contributed by atoms with Crippen molar-refractivity contribution < 1.29 is 53.1 Å². The second-order valence-electron chi connectivity index (χ2n) is 9.77. The molecule has 3 aromatic rings. The molecule has 16 nitrogen and oxygen atoms in total. The molecule has 0 aromatic carbocycles. The number of aliphatic carboxylic acids is 2. The van der Waals surface area contributed by atoms with Gasteiger partial charge in [-0.15, -0.1) is 23.1 Å². The molecule has 3 N–H and O–H groups in total. The number of carbonyl (C=O) groups excluding carboxylic acids is 3. The highest BCUT2D eigenvalue weighted by atomic mass is 32.2. The number of fused-ring (bicyclic) bond motifs is 1. The van der Waals surface area contributed by atoms with Gasteiger partial charge in [0.05, 0.1) is 28.7 Å². The highest BCUT2D eigenvalue weighted by Gasteiger charge is 2.53. The number of aryl methyl sites for hydroxylation is 1. The van der Waals surface area contributed by atoms with Crippen LogP contribution >= 0.6 is 54.0 Å². The predicted molar refractivity (Wildman–Crippen MR) is 170 cm³/mol. The van der Waals surface area contributed by atoms with Crippen molar-refractivity contribution in [3.05, 3.63) is 51.3 Å². The lowest BCUT2D eigenvalue weighted by atomic mass is 9.90. The van der Waals surface area contributed by atoms with E-state index >= 15 is 0 Å². The zero-order chi connectivity index (χ0) is 34.5. The van der Waals surface area contributed by atoms with Gasteiger partial charge in [-0.05, 0) is 18.5 Å². The summed E-state index contributed by atoms with van der Waals surface area (Å²) in [5, 5.41) is 24.7. The van der Waals surface area contributed by atoms with Gasteiger partial charge in [0.25, 0.3) is 5.97 Å². The molecule has 1 fully saturated rings. The van der Waals surface area contributed by atoms with Gasteiger partial charge in [-0.1, -0.05) is 16.9 Å².